The van der Waals surface area contributed by atoms with Gasteiger partial charge < -0.3 is 4.90 Å². The van der Waals surface area contributed by atoms with Crippen LogP contribution in [0.3, 0.4) is 0 Å². The normalized spacial score (nSPS) is 10.8. The monoisotopic (exact) mass is 376 g/mol. The zero-order valence-corrected chi connectivity index (χ0v) is 15.2. The van der Waals surface area contributed by atoms with E-state index in [0.29, 0.717) is 18.1 Å². The highest BCUT2D eigenvalue weighted by molar-refractivity contribution is 7.99. The number of hydrogen-bond acceptors (Lipinski definition) is 5. The molecular formula is C17H17FN4OS2. The third kappa shape index (κ3) is 5.14. The molecule has 0 atom stereocenters. The van der Waals surface area contributed by atoms with Gasteiger partial charge in [0, 0.05) is 24.9 Å². The molecule has 0 aliphatic rings. The summed E-state index contributed by atoms with van der Waals surface area (Å²) in [4.78, 5) is 19.4. The van der Waals surface area contributed by atoms with E-state index in [1.54, 1.807) is 35.4 Å². The summed E-state index contributed by atoms with van der Waals surface area (Å²) >= 11 is 2.97. The summed E-state index contributed by atoms with van der Waals surface area (Å²) in [6.45, 7) is 0.442. The molecule has 8 heteroatoms. The maximum atomic E-state index is 12.9. The molecule has 0 bridgehead atoms. The predicted octanol–water partition coefficient (Wildman–Crippen LogP) is 3.35. The molecule has 3 rings (SSSR count). The molecular weight excluding hydrogens is 359 g/mol. The first-order valence-electron chi connectivity index (χ1n) is 7.65. The number of nitrogens with one attached hydrogen (secondary N) is 1. The highest BCUT2D eigenvalue weighted by atomic mass is 32.2. The summed E-state index contributed by atoms with van der Waals surface area (Å²) in [6.07, 6.45) is 0.712. The van der Waals surface area contributed by atoms with Gasteiger partial charge in [-0.05, 0) is 29.1 Å². The van der Waals surface area contributed by atoms with Crippen molar-refractivity contribution in [2.75, 3.05) is 12.8 Å². The quantitative estimate of drug-likeness (QED) is 0.643. The topological polar surface area (TPSA) is 61.9 Å². The number of carbonyl (C=O) groups excluding carboxylic acids is 1. The molecule has 0 unspecified atom stereocenters. The molecule has 0 saturated heterocycles. The van der Waals surface area contributed by atoms with Crippen LogP contribution in [0, 0.1) is 5.82 Å². The van der Waals surface area contributed by atoms with E-state index in [0.717, 1.165) is 11.4 Å². The van der Waals surface area contributed by atoms with Gasteiger partial charge in [-0.2, -0.15) is 0 Å². The van der Waals surface area contributed by atoms with E-state index in [9.17, 15) is 9.18 Å². The van der Waals surface area contributed by atoms with Crippen LogP contribution in [0.5, 0.6) is 0 Å². The molecule has 0 spiro atoms. The van der Waals surface area contributed by atoms with Crippen LogP contribution in [0.1, 0.15) is 16.3 Å². The van der Waals surface area contributed by atoms with Gasteiger partial charge in [0.25, 0.3) is 0 Å². The molecule has 0 aliphatic heterocycles. The molecule has 25 heavy (non-hydrogen) atoms. The number of rotatable bonds is 7. The van der Waals surface area contributed by atoms with Gasteiger partial charge in [0.1, 0.15) is 11.6 Å². The van der Waals surface area contributed by atoms with E-state index in [1.807, 2.05) is 17.5 Å². The Morgan fingerprint density at radius 1 is 1.32 bits per heavy atom. The number of nitrogens with zero attached hydrogens (tertiary/aromatic N) is 3. The van der Waals surface area contributed by atoms with Crippen molar-refractivity contribution in [1.29, 1.82) is 0 Å². The summed E-state index contributed by atoms with van der Waals surface area (Å²) < 4.78 is 12.9. The van der Waals surface area contributed by atoms with Crippen LogP contribution in [0.25, 0.3) is 0 Å². The minimum absolute atomic E-state index is 0.0288. The molecule has 2 aromatic heterocycles. The molecule has 1 amide bonds. The molecule has 5 nitrogen and oxygen atoms in total. The van der Waals surface area contributed by atoms with E-state index in [1.165, 1.54) is 28.8 Å². The Morgan fingerprint density at radius 2 is 2.12 bits per heavy atom. The number of aromatic nitrogens is 3. The van der Waals surface area contributed by atoms with Crippen molar-refractivity contribution >= 4 is 29.0 Å². The predicted molar refractivity (Wildman–Crippen MR) is 97.1 cm³/mol. The lowest BCUT2D eigenvalue weighted by atomic mass is 10.2. The number of aromatic amines is 1. The molecule has 0 saturated carbocycles. The van der Waals surface area contributed by atoms with Gasteiger partial charge in [-0.25, -0.2) is 9.37 Å². The largest absolute Gasteiger partial charge is 0.341 e. The number of hydrogen-bond donors (Lipinski definition) is 1. The average Bonchev–Trinajstić information content (AvgIpc) is 3.27. The number of carbonyl (C=O) groups is 1. The fourth-order valence-electron chi connectivity index (χ4n) is 2.19. The van der Waals surface area contributed by atoms with Gasteiger partial charge in [0.05, 0.1) is 5.75 Å². The van der Waals surface area contributed by atoms with Gasteiger partial charge in [-0.1, -0.05) is 30.0 Å². The third-order valence-corrected chi connectivity index (χ3v) is 5.22. The van der Waals surface area contributed by atoms with Crippen LogP contribution in [0.15, 0.2) is 46.9 Å². The second-order valence-electron chi connectivity index (χ2n) is 5.49. The van der Waals surface area contributed by atoms with E-state index < -0.39 is 0 Å². The Hall–Kier alpha value is -2.19. The van der Waals surface area contributed by atoms with Crippen LogP contribution in [0.2, 0.25) is 0 Å². The van der Waals surface area contributed by atoms with Gasteiger partial charge in [-0.15, -0.1) is 16.4 Å². The molecule has 0 fully saturated rings. The molecule has 1 aromatic carbocycles. The Labute approximate surface area is 153 Å². The zero-order chi connectivity index (χ0) is 17.6. The summed E-state index contributed by atoms with van der Waals surface area (Å²) in [7, 11) is 1.73. The lowest BCUT2D eigenvalue weighted by Crippen LogP contribution is -2.27. The Morgan fingerprint density at radius 3 is 2.84 bits per heavy atom. The molecule has 2 heterocycles. The van der Waals surface area contributed by atoms with E-state index >= 15 is 0 Å². The van der Waals surface area contributed by atoms with Gasteiger partial charge in [0.15, 0.2) is 0 Å². The van der Waals surface area contributed by atoms with E-state index in [-0.39, 0.29) is 17.5 Å². The Kier molecular flexibility index (Phi) is 5.83. The fourth-order valence-corrected chi connectivity index (χ4v) is 3.65. The lowest BCUT2D eigenvalue weighted by Gasteiger charge is -2.16. The summed E-state index contributed by atoms with van der Waals surface area (Å²) in [5, 5.41) is 9.64. The Bertz CT molecular complexity index is 818. The van der Waals surface area contributed by atoms with Crippen LogP contribution in [-0.2, 0) is 17.8 Å². The molecule has 0 aliphatic carbocycles. The number of thioether (sulfide) groups is 1. The van der Waals surface area contributed by atoms with E-state index in [4.69, 9.17) is 0 Å². The lowest BCUT2D eigenvalue weighted by molar-refractivity contribution is -0.127. The zero-order valence-electron chi connectivity index (χ0n) is 13.6. The van der Waals surface area contributed by atoms with Crippen molar-refractivity contribution in [3.05, 3.63) is 63.9 Å². The Balaban J connectivity index is 1.48. The maximum Gasteiger partial charge on any atom is 0.233 e. The van der Waals surface area contributed by atoms with Gasteiger partial charge >= 0.3 is 0 Å². The van der Waals surface area contributed by atoms with E-state index in [2.05, 4.69) is 15.2 Å². The first-order valence-corrected chi connectivity index (χ1v) is 9.51. The molecule has 1 N–H and O–H groups in total. The third-order valence-electron chi connectivity index (χ3n) is 3.52. The number of thiophene rings is 1. The molecule has 3 aromatic rings. The smallest absolute Gasteiger partial charge is 0.233 e. The second kappa shape index (κ2) is 8.26. The summed E-state index contributed by atoms with van der Waals surface area (Å²) in [6, 6.07) is 10.2. The van der Waals surface area contributed by atoms with Gasteiger partial charge in [0.2, 0.25) is 11.1 Å². The van der Waals surface area contributed by atoms with Crippen molar-refractivity contribution in [2.45, 2.75) is 18.1 Å². The minimum atomic E-state index is -0.281. The minimum Gasteiger partial charge on any atom is -0.341 e. The standard InChI is InChI=1S/C17H17FN4OS2/c1-22(10-12-4-6-13(18)7-5-12)16(23)11-25-17-19-15(20-21-17)9-14-3-2-8-24-14/h2-8H,9-11H2,1H3,(H,19,20,21). The SMILES string of the molecule is CN(Cc1ccc(F)cc1)C(=O)CSc1n[nH]c(Cc2cccs2)n1. The first kappa shape index (κ1) is 17.6. The fraction of sp³-hybridized carbons (Fsp3) is 0.235. The van der Waals surface area contributed by atoms with Crippen molar-refractivity contribution < 1.29 is 9.18 Å². The number of benzene rings is 1. The number of amides is 1. The van der Waals surface area contributed by atoms with Crippen LogP contribution in [-0.4, -0.2) is 38.8 Å². The molecule has 130 valence electrons. The number of halogens is 1. The first-order chi connectivity index (χ1) is 12.1. The van der Waals surface area contributed by atoms with Crippen LogP contribution < -0.4 is 0 Å². The van der Waals surface area contributed by atoms with Crippen molar-refractivity contribution in [3.8, 4) is 0 Å². The highest BCUT2D eigenvalue weighted by Gasteiger charge is 2.12. The number of H-pyrrole nitrogens is 1. The summed E-state index contributed by atoms with van der Waals surface area (Å²) in [5.41, 5.74) is 0.887. The average molecular weight is 376 g/mol. The molecule has 0 radical (unpaired) electrons. The van der Waals surface area contributed by atoms with Gasteiger partial charge in [-0.3, -0.25) is 9.89 Å². The second-order valence-corrected chi connectivity index (χ2v) is 7.46. The highest BCUT2D eigenvalue weighted by Crippen LogP contribution is 2.17. The van der Waals surface area contributed by atoms with Crippen molar-refractivity contribution in [3.63, 3.8) is 0 Å². The summed E-state index contributed by atoms with van der Waals surface area (Å²) in [5.74, 6) is 0.737. The van der Waals surface area contributed by atoms with Crippen molar-refractivity contribution in [2.24, 2.45) is 0 Å². The van der Waals surface area contributed by atoms with Crippen LogP contribution >= 0.6 is 23.1 Å². The van der Waals surface area contributed by atoms with Crippen LogP contribution in [0.4, 0.5) is 4.39 Å². The maximum absolute atomic E-state index is 12.9. The van der Waals surface area contributed by atoms with Crippen molar-refractivity contribution in [1.82, 2.24) is 20.1 Å².